The van der Waals surface area contributed by atoms with E-state index in [4.69, 9.17) is 4.74 Å². The number of hydrogen-bond donors (Lipinski definition) is 3. The minimum Gasteiger partial charge on any atom is -0.494 e. The monoisotopic (exact) mass is 443 g/mol. The van der Waals surface area contributed by atoms with E-state index >= 15 is 0 Å². The molecule has 3 aromatic carbocycles. The van der Waals surface area contributed by atoms with Crippen LogP contribution in [0.1, 0.15) is 17.3 Å². The molecule has 3 N–H and O–H groups in total. The number of carbonyl (C=O) groups is 2. The Morgan fingerprint density at radius 3 is 2.09 bits per heavy atom. The highest BCUT2D eigenvalue weighted by Gasteiger charge is 2.14. The zero-order chi connectivity index (χ0) is 23.1. The van der Waals surface area contributed by atoms with Crippen molar-refractivity contribution in [2.45, 2.75) is 6.92 Å². The molecule has 0 aliphatic heterocycles. The van der Waals surface area contributed by atoms with Crippen molar-refractivity contribution in [3.05, 3.63) is 83.7 Å². The first-order valence-corrected chi connectivity index (χ1v) is 9.69. The van der Waals surface area contributed by atoms with Crippen LogP contribution in [0.4, 0.5) is 30.2 Å². The van der Waals surface area contributed by atoms with Crippen molar-refractivity contribution in [2.75, 3.05) is 29.1 Å². The predicted octanol–water partition coefficient (Wildman–Crippen LogP) is 4.81. The van der Waals surface area contributed by atoms with E-state index in [2.05, 4.69) is 16.0 Å². The third-order valence-corrected chi connectivity index (χ3v) is 4.33. The standard InChI is InChI=1S/C23H20F3N3O3/c1-2-32-17-9-7-16(8-10-17)29-23(31)14-3-5-15(6-4-14)28-20(30)13-27-19-12-11-18(24)21(25)22(19)26/h3-12,27H,2,13H2,1H3,(H,28,30)(H,29,31). The molecule has 9 heteroatoms. The van der Waals surface area contributed by atoms with Gasteiger partial charge in [-0.2, -0.15) is 0 Å². The third kappa shape index (κ3) is 5.78. The first kappa shape index (κ1) is 22.7. The summed E-state index contributed by atoms with van der Waals surface area (Å²) in [4.78, 5) is 24.4. The molecule has 3 aromatic rings. The SMILES string of the molecule is CCOc1ccc(NC(=O)c2ccc(NC(=O)CNc3ccc(F)c(F)c3F)cc2)cc1. The lowest BCUT2D eigenvalue weighted by Gasteiger charge is -2.10. The van der Waals surface area contributed by atoms with Gasteiger partial charge >= 0.3 is 0 Å². The minimum atomic E-state index is -1.62. The lowest BCUT2D eigenvalue weighted by molar-refractivity contribution is -0.114. The van der Waals surface area contributed by atoms with Gasteiger partial charge in [0.2, 0.25) is 5.91 Å². The highest BCUT2D eigenvalue weighted by Crippen LogP contribution is 2.20. The van der Waals surface area contributed by atoms with Gasteiger partial charge in [-0.1, -0.05) is 0 Å². The Morgan fingerprint density at radius 1 is 0.812 bits per heavy atom. The van der Waals surface area contributed by atoms with Crippen LogP contribution in [0, 0.1) is 17.5 Å². The van der Waals surface area contributed by atoms with Gasteiger partial charge in [0.05, 0.1) is 18.8 Å². The summed E-state index contributed by atoms with van der Waals surface area (Å²) in [6, 6.07) is 14.8. The van der Waals surface area contributed by atoms with Crippen LogP contribution in [0.3, 0.4) is 0 Å². The average Bonchev–Trinajstić information content (AvgIpc) is 2.79. The van der Waals surface area contributed by atoms with Gasteiger partial charge in [0, 0.05) is 16.9 Å². The maximum atomic E-state index is 13.6. The molecule has 0 spiro atoms. The van der Waals surface area contributed by atoms with Crippen molar-refractivity contribution in [3.63, 3.8) is 0 Å². The van der Waals surface area contributed by atoms with Crippen LogP contribution in [-0.2, 0) is 4.79 Å². The second-order valence-electron chi connectivity index (χ2n) is 6.61. The molecule has 0 aromatic heterocycles. The van der Waals surface area contributed by atoms with Crippen molar-refractivity contribution in [1.82, 2.24) is 0 Å². The molecule has 2 amide bonds. The van der Waals surface area contributed by atoms with Crippen LogP contribution < -0.4 is 20.7 Å². The minimum absolute atomic E-state index is 0.331. The van der Waals surface area contributed by atoms with Crippen LogP contribution in [0.25, 0.3) is 0 Å². The lowest BCUT2D eigenvalue weighted by atomic mass is 10.2. The number of halogens is 3. The summed E-state index contributed by atoms with van der Waals surface area (Å²) in [5, 5.41) is 7.71. The molecular weight excluding hydrogens is 423 g/mol. The van der Waals surface area contributed by atoms with Crippen LogP contribution in [0.15, 0.2) is 60.7 Å². The highest BCUT2D eigenvalue weighted by atomic mass is 19.2. The Labute approximate surface area is 182 Å². The van der Waals surface area contributed by atoms with Crippen LogP contribution in [0.5, 0.6) is 5.75 Å². The number of hydrogen-bond acceptors (Lipinski definition) is 4. The van der Waals surface area contributed by atoms with Gasteiger partial charge in [-0.15, -0.1) is 0 Å². The topological polar surface area (TPSA) is 79.5 Å². The summed E-state index contributed by atoms with van der Waals surface area (Å²) >= 11 is 0. The first-order valence-electron chi connectivity index (χ1n) is 9.69. The average molecular weight is 443 g/mol. The Bertz CT molecular complexity index is 1100. The van der Waals surface area contributed by atoms with Gasteiger partial charge in [0.1, 0.15) is 5.75 Å². The molecule has 0 bridgehead atoms. The second-order valence-corrected chi connectivity index (χ2v) is 6.61. The van der Waals surface area contributed by atoms with Crippen molar-refractivity contribution in [3.8, 4) is 5.75 Å². The molecule has 0 heterocycles. The zero-order valence-corrected chi connectivity index (χ0v) is 17.0. The first-order chi connectivity index (χ1) is 15.4. The Morgan fingerprint density at radius 2 is 1.44 bits per heavy atom. The van der Waals surface area contributed by atoms with Crippen molar-refractivity contribution in [2.24, 2.45) is 0 Å². The number of benzene rings is 3. The van der Waals surface area contributed by atoms with Gasteiger partial charge in [0.25, 0.3) is 5.91 Å². The summed E-state index contributed by atoms with van der Waals surface area (Å²) in [5.41, 5.74) is 1.05. The molecule has 0 saturated heterocycles. The molecule has 0 aliphatic rings. The maximum Gasteiger partial charge on any atom is 0.255 e. The van der Waals surface area contributed by atoms with Gasteiger partial charge in [0.15, 0.2) is 17.5 Å². The van der Waals surface area contributed by atoms with Gasteiger partial charge in [-0.3, -0.25) is 9.59 Å². The molecular formula is C23H20F3N3O3. The second kappa shape index (κ2) is 10.3. The van der Waals surface area contributed by atoms with Gasteiger partial charge in [-0.05, 0) is 67.6 Å². The third-order valence-electron chi connectivity index (χ3n) is 4.33. The van der Waals surface area contributed by atoms with E-state index in [0.717, 1.165) is 12.1 Å². The molecule has 0 fully saturated rings. The number of anilines is 3. The highest BCUT2D eigenvalue weighted by molar-refractivity contribution is 6.04. The van der Waals surface area contributed by atoms with E-state index in [9.17, 15) is 22.8 Å². The number of ether oxygens (including phenoxy) is 1. The van der Waals surface area contributed by atoms with E-state index in [-0.39, 0.29) is 18.1 Å². The fourth-order valence-corrected chi connectivity index (χ4v) is 2.75. The summed E-state index contributed by atoms with van der Waals surface area (Å²) in [6.45, 7) is 2.05. The summed E-state index contributed by atoms with van der Waals surface area (Å²) in [6.07, 6.45) is 0. The smallest absolute Gasteiger partial charge is 0.255 e. The summed E-state index contributed by atoms with van der Waals surface area (Å²) in [7, 11) is 0. The quantitative estimate of drug-likeness (QED) is 0.437. The molecule has 32 heavy (non-hydrogen) atoms. The summed E-state index contributed by atoms with van der Waals surface area (Å²) < 4.78 is 45.1. The fourth-order valence-electron chi connectivity index (χ4n) is 2.75. The lowest BCUT2D eigenvalue weighted by Crippen LogP contribution is -2.22. The molecule has 3 rings (SSSR count). The number of rotatable bonds is 8. The molecule has 0 saturated carbocycles. The molecule has 0 aliphatic carbocycles. The van der Waals surface area contributed by atoms with E-state index in [1.165, 1.54) is 24.3 Å². The zero-order valence-electron chi connectivity index (χ0n) is 17.0. The molecule has 0 atom stereocenters. The van der Waals surface area contributed by atoms with Crippen LogP contribution in [-0.4, -0.2) is 25.0 Å². The number of carbonyl (C=O) groups excluding carboxylic acids is 2. The Hall–Kier alpha value is -4.01. The number of nitrogens with one attached hydrogen (secondary N) is 3. The van der Waals surface area contributed by atoms with Crippen molar-refractivity contribution >= 4 is 28.9 Å². The van der Waals surface area contributed by atoms with E-state index in [1.54, 1.807) is 24.3 Å². The fraction of sp³-hybridized carbons (Fsp3) is 0.130. The maximum absolute atomic E-state index is 13.6. The number of amides is 2. The molecule has 0 unspecified atom stereocenters. The Kier molecular flexibility index (Phi) is 7.33. The van der Waals surface area contributed by atoms with Gasteiger partial charge < -0.3 is 20.7 Å². The van der Waals surface area contributed by atoms with Crippen molar-refractivity contribution < 1.29 is 27.5 Å². The predicted molar refractivity (Wildman–Crippen MR) is 115 cm³/mol. The van der Waals surface area contributed by atoms with Crippen LogP contribution in [0.2, 0.25) is 0 Å². The van der Waals surface area contributed by atoms with E-state index in [1.807, 2.05) is 6.92 Å². The molecule has 0 radical (unpaired) electrons. The molecule has 166 valence electrons. The molecule has 6 nitrogen and oxygen atoms in total. The normalized spacial score (nSPS) is 10.4. The van der Waals surface area contributed by atoms with E-state index in [0.29, 0.717) is 29.3 Å². The Balaban J connectivity index is 1.53. The van der Waals surface area contributed by atoms with Crippen molar-refractivity contribution in [1.29, 1.82) is 0 Å². The van der Waals surface area contributed by atoms with Gasteiger partial charge in [-0.25, -0.2) is 13.2 Å². The summed E-state index contributed by atoms with van der Waals surface area (Å²) in [5.74, 6) is -4.50. The van der Waals surface area contributed by atoms with E-state index < -0.39 is 23.4 Å². The largest absolute Gasteiger partial charge is 0.494 e. The van der Waals surface area contributed by atoms with Crippen LogP contribution >= 0.6 is 0 Å².